The standard InChI is InChI=1S/C14H17FN5O7P/c1-5(2)11(22)18-14-17-10-8(12(23)19-14)16-4-20(10)13-9(27-28(24)25)7(15)6(3-21)26-13/h4-7,9,13,21H,3H2,1-2H3,(H2,17,18,19,22,23)/t6-,7-,9-,13-/m1/s1. The number of aromatic nitrogens is 4. The van der Waals surface area contributed by atoms with E-state index < -0.39 is 50.9 Å². The zero-order valence-electron chi connectivity index (χ0n) is 14.7. The summed E-state index contributed by atoms with van der Waals surface area (Å²) in [6, 6.07) is 0. The molecule has 14 heteroatoms. The maximum Gasteiger partial charge on any atom is 0.489 e. The van der Waals surface area contributed by atoms with Crippen LogP contribution in [0.1, 0.15) is 20.1 Å². The van der Waals surface area contributed by atoms with Crippen molar-refractivity contribution in [2.75, 3.05) is 11.9 Å². The Morgan fingerprint density at radius 2 is 2.32 bits per heavy atom. The molecule has 2 aromatic heterocycles. The van der Waals surface area contributed by atoms with Crippen LogP contribution in [-0.4, -0.2) is 55.5 Å². The first-order valence-corrected chi connectivity index (χ1v) is 9.31. The molecule has 2 aromatic rings. The molecule has 1 amide bonds. The number of ether oxygens (including phenoxy) is 1. The molecule has 28 heavy (non-hydrogen) atoms. The van der Waals surface area contributed by atoms with E-state index in [1.165, 1.54) is 0 Å². The Morgan fingerprint density at radius 1 is 1.61 bits per heavy atom. The molecule has 0 aliphatic carbocycles. The van der Waals surface area contributed by atoms with Gasteiger partial charge in [-0.1, -0.05) is 13.8 Å². The lowest BCUT2D eigenvalue weighted by Gasteiger charge is -2.17. The number of rotatable bonds is 6. The fourth-order valence-electron chi connectivity index (χ4n) is 2.71. The van der Waals surface area contributed by atoms with Crippen molar-refractivity contribution in [2.24, 2.45) is 5.92 Å². The number of nitrogens with one attached hydrogen (secondary N) is 2. The third-order valence-corrected chi connectivity index (χ3v) is 4.54. The predicted molar refractivity (Wildman–Crippen MR) is 90.0 cm³/mol. The first-order chi connectivity index (χ1) is 13.2. The Hall–Kier alpha value is -2.31. The molecule has 3 N–H and O–H groups in total. The normalized spacial score (nSPS) is 25.4. The van der Waals surface area contributed by atoms with E-state index in [2.05, 4.69) is 24.8 Å². The highest BCUT2D eigenvalue weighted by atomic mass is 31.1. The molecular formula is C14H17FN5O7P. The number of H-pyrrole nitrogens is 1. The van der Waals surface area contributed by atoms with Gasteiger partial charge in [0, 0.05) is 5.92 Å². The number of hydrogen-bond acceptors (Lipinski definition) is 9. The van der Waals surface area contributed by atoms with Crippen LogP contribution in [0.25, 0.3) is 11.2 Å². The van der Waals surface area contributed by atoms with Gasteiger partial charge in [0.25, 0.3) is 5.56 Å². The molecule has 5 atom stereocenters. The van der Waals surface area contributed by atoms with Crippen molar-refractivity contribution >= 4 is 31.3 Å². The second-order valence-corrected chi connectivity index (χ2v) is 7.03. The van der Waals surface area contributed by atoms with Gasteiger partial charge in [0.05, 0.1) is 12.9 Å². The molecule has 12 nitrogen and oxygen atoms in total. The van der Waals surface area contributed by atoms with E-state index in [1.807, 2.05) is 0 Å². The summed E-state index contributed by atoms with van der Waals surface area (Å²) in [7, 11) is -3.42. The van der Waals surface area contributed by atoms with Crippen LogP contribution in [0.2, 0.25) is 0 Å². The minimum absolute atomic E-state index is 0.0895. The van der Waals surface area contributed by atoms with E-state index in [4.69, 9.17) is 4.74 Å². The third-order valence-electron chi connectivity index (χ3n) is 4.12. The van der Waals surface area contributed by atoms with Gasteiger partial charge in [-0.3, -0.25) is 24.5 Å². The number of hydrogen-bond donors (Lipinski definition) is 3. The predicted octanol–water partition coefficient (Wildman–Crippen LogP) is -0.655. The molecule has 1 unspecified atom stereocenters. The Kier molecular flexibility index (Phi) is 5.82. The summed E-state index contributed by atoms with van der Waals surface area (Å²) in [4.78, 5) is 45.4. The number of imidazole rings is 1. The van der Waals surface area contributed by atoms with E-state index >= 15 is 0 Å². The molecule has 0 aromatic carbocycles. The number of fused-ring (bicyclic) bond motifs is 1. The van der Waals surface area contributed by atoms with Crippen LogP contribution in [0.5, 0.6) is 0 Å². The Morgan fingerprint density at radius 3 is 2.93 bits per heavy atom. The number of aliphatic hydroxyl groups is 1. The largest absolute Gasteiger partial charge is 0.566 e. The molecule has 0 radical (unpaired) electrons. The highest BCUT2D eigenvalue weighted by molar-refractivity contribution is 7.30. The lowest BCUT2D eigenvalue weighted by Crippen LogP contribution is -2.31. The van der Waals surface area contributed by atoms with Crippen molar-refractivity contribution < 1.29 is 33.0 Å². The lowest BCUT2D eigenvalue weighted by molar-refractivity contribution is -0.193. The van der Waals surface area contributed by atoms with Crippen LogP contribution < -0.4 is 15.8 Å². The summed E-state index contributed by atoms with van der Waals surface area (Å²) in [6.07, 6.45) is -5.18. The number of carbonyl (C=O) groups excluding carboxylic acids is 1. The molecule has 0 bridgehead atoms. The van der Waals surface area contributed by atoms with Gasteiger partial charge in [0.2, 0.25) is 11.9 Å². The van der Waals surface area contributed by atoms with E-state index in [0.717, 1.165) is 10.9 Å². The van der Waals surface area contributed by atoms with Crippen LogP contribution in [0, 0.1) is 5.92 Å². The molecule has 152 valence electrons. The monoisotopic (exact) mass is 417 g/mol. The minimum atomic E-state index is -3.42. The average molecular weight is 417 g/mol. The van der Waals surface area contributed by atoms with Crippen LogP contribution in [0.15, 0.2) is 11.1 Å². The smallest absolute Gasteiger partial charge is 0.489 e. The average Bonchev–Trinajstić information content (AvgIpc) is 3.16. The number of halogens is 1. The number of anilines is 1. The summed E-state index contributed by atoms with van der Waals surface area (Å²) >= 11 is 0. The van der Waals surface area contributed by atoms with Crippen LogP contribution in [0.4, 0.5) is 10.3 Å². The fraction of sp³-hybridized carbons (Fsp3) is 0.571. The van der Waals surface area contributed by atoms with Gasteiger partial charge in [-0.15, -0.1) is 4.52 Å². The second kappa shape index (κ2) is 7.97. The quantitative estimate of drug-likeness (QED) is 0.516. The van der Waals surface area contributed by atoms with Crippen molar-refractivity contribution in [3.05, 3.63) is 16.7 Å². The molecule has 1 fully saturated rings. The van der Waals surface area contributed by atoms with Gasteiger partial charge in [-0.25, -0.2) is 9.37 Å². The Balaban J connectivity index is 2.04. The highest BCUT2D eigenvalue weighted by Gasteiger charge is 2.50. The molecule has 1 aliphatic rings. The molecule has 3 rings (SSSR count). The zero-order chi connectivity index (χ0) is 20.6. The van der Waals surface area contributed by atoms with Crippen molar-refractivity contribution in [3.8, 4) is 0 Å². The maximum atomic E-state index is 14.4. The summed E-state index contributed by atoms with van der Waals surface area (Å²) in [5.74, 6) is -0.953. The lowest BCUT2D eigenvalue weighted by atomic mass is 10.1. The summed E-state index contributed by atoms with van der Waals surface area (Å²) in [5, 5.41) is 11.7. The topological polar surface area (TPSA) is 171 Å². The summed E-state index contributed by atoms with van der Waals surface area (Å²) < 4.78 is 36.4. The molecule has 0 spiro atoms. The van der Waals surface area contributed by atoms with E-state index in [0.29, 0.717) is 0 Å². The number of aromatic amines is 1. The van der Waals surface area contributed by atoms with E-state index in [9.17, 15) is 28.5 Å². The van der Waals surface area contributed by atoms with Gasteiger partial charge < -0.3 is 14.7 Å². The minimum Gasteiger partial charge on any atom is -0.566 e. The van der Waals surface area contributed by atoms with E-state index in [1.54, 1.807) is 13.8 Å². The summed E-state index contributed by atoms with van der Waals surface area (Å²) in [5.41, 5.74) is -0.906. The molecule has 1 aliphatic heterocycles. The molecule has 0 saturated carbocycles. The van der Waals surface area contributed by atoms with Gasteiger partial charge in [0.1, 0.15) is 6.10 Å². The van der Waals surface area contributed by atoms with E-state index in [-0.39, 0.29) is 23.0 Å². The number of nitrogens with zero attached hydrogens (tertiary/aromatic N) is 3. The van der Waals surface area contributed by atoms with Crippen molar-refractivity contribution in [2.45, 2.75) is 38.5 Å². The molecular weight excluding hydrogens is 400 g/mol. The number of amides is 1. The van der Waals surface area contributed by atoms with Crippen LogP contribution >= 0.6 is 8.25 Å². The van der Waals surface area contributed by atoms with Gasteiger partial charge in [0.15, 0.2) is 29.7 Å². The fourth-order valence-corrected chi connectivity index (χ4v) is 3.13. The summed E-state index contributed by atoms with van der Waals surface area (Å²) in [6.45, 7) is 2.57. The molecule has 1 saturated heterocycles. The van der Waals surface area contributed by atoms with Crippen LogP contribution in [0.3, 0.4) is 0 Å². The van der Waals surface area contributed by atoms with Crippen molar-refractivity contribution in [1.29, 1.82) is 0 Å². The molecule has 3 heterocycles. The van der Waals surface area contributed by atoms with Gasteiger partial charge in [-0.05, 0) is 4.57 Å². The first-order valence-electron chi connectivity index (χ1n) is 8.22. The Bertz CT molecular complexity index is 963. The number of aliphatic hydroxyl groups excluding tert-OH is 1. The number of carbonyl (C=O) groups is 1. The highest BCUT2D eigenvalue weighted by Crippen LogP contribution is 2.38. The Labute approximate surface area is 157 Å². The third kappa shape index (κ3) is 3.80. The SMILES string of the molecule is CC(C)C(=O)Nc1nc2c(ncn2[C@@H]2O[C@H](CO)[C@@H](F)[C@H]2O[P+](=O)[O-])c(=O)[nH]1. The van der Waals surface area contributed by atoms with Gasteiger partial charge in [-0.2, -0.15) is 4.98 Å². The maximum absolute atomic E-state index is 14.4. The zero-order valence-corrected chi connectivity index (χ0v) is 15.6. The second-order valence-electron chi connectivity index (χ2n) is 6.37. The van der Waals surface area contributed by atoms with Gasteiger partial charge >= 0.3 is 8.25 Å². The van der Waals surface area contributed by atoms with Crippen molar-refractivity contribution in [1.82, 2.24) is 19.5 Å². The number of alkyl halides is 1. The van der Waals surface area contributed by atoms with Crippen LogP contribution in [-0.2, 0) is 18.6 Å². The van der Waals surface area contributed by atoms with Crippen molar-refractivity contribution in [3.63, 3.8) is 0 Å². The first kappa shape index (κ1) is 20.4.